The second kappa shape index (κ2) is 6.25. The number of carbonyl (C=O) groups is 1. The van der Waals surface area contributed by atoms with E-state index in [1.54, 1.807) is 11.8 Å². The van der Waals surface area contributed by atoms with E-state index in [-0.39, 0.29) is 16.9 Å². The van der Waals surface area contributed by atoms with E-state index in [1.807, 2.05) is 0 Å². The highest BCUT2D eigenvalue weighted by Crippen LogP contribution is 2.28. The molecule has 0 bridgehead atoms. The van der Waals surface area contributed by atoms with E-state index in [2.05, 4.69) is 0 Å². The average molecular weight is 287 g/mol. The Morgan fingerprint density at radius 1 is 1.16 bits per heavy atom. The molecule has 19 heavy (non-hydrogen) atoms. The summed E-state index contributed by atoms with van der Waals surface area (Å²) in [7, 11) is -2.96. The van der Waals surface area contributed by atoms with Crippen LogP contribution in [0.25, 0.3) is 0 Å². The number of hydrogen-bond donors (Lipinski definition) is 0. The van der Waals surface area contributed by atoms with Crippen molar-refractivity contribution < 1.29 is 13.2 Å². The summed E-state index contributed by atoms with van der Waals surface area (Å²) in [6.45, 7) is 2.50. The van der Waals surface area contributed by atoms with Crippen molar-refractivity contribution in [1.29, 1.82) is 0 Å². The van der Waals surface area contributed by atoms with Crippen molar-refractivity contribution in [2.24, 2.45) is 5.92 Å². The van der Waals surface area contributed by atoms with Crippen molar-refractivity contribution in [3.05, 3.63) is 0 Å². The maximum absolute atomic E-state index is 12.0. The first-order valence-electron chi connectivity index (χ1n) is 7.52. The topological polar surface area (TPSA) is 54.5 Å². The molecule has 0 spiro atoms. The van der Waals surface area contributed by atoms with Crippen molar-refractivity contribution in [2.75, 3.05) is 18.8 Å². The lowest BCUT2D eigenvalue weighted by Gasteiger charge is -2.38. The number of carbonyl (C=O) groups excluding carboxylic acids is 1. The minimum atomic E-state index is -2.96. The Morgan fingerprint density at radius 3 is 2.37 bits per heavy atom. The van der Waals surface area contributed by atoms with E-state index in [9.17, 15) is 13.2 Å². The van der Waals surface area contributed by atoms with Gasteiger partial charge in [0.15, 0.2) is 9.84 Å². The third kappa shape index (κ3) is 3.71. The molecule has 2 fully saturated rings. The van der Waals surface area contributed by atoms with E-state index in [0.29, 0.717) is 25.4 Å². The molecule has 1 aliphatic heterocycles. The van der Waals surface area contributed by atoms with Crippen molar-refractivity contribution in [3.8, 4) is 0 Å². The van der Waals surface area contributed by atoms with Gasteiger partial charge in [-0.15, -0.1) is 0 Å². The zero-order chi connectivity index (χ0) is 13.9. The van der Waals surface area contributed by atoms with Crippen LogP contribution in [0.5, 0.6) is 0 Å². The zero-order valence-electron chi connectivity index (χ0n) is 11.8. The highest BCUT2D eigenvalue weighted by atomic mass is 32.2. The molecule has 1 saturated carbocycles. The first-order chi connectivity index (χ1) is 9.03. The van der Waals surface area contributed by atoms with Gasteiger partial charge in [0.1, 0.15) is 0 Å². The standard InChI is InChI=1S/C14H25NO3S/c1-2-19(17,18)13-10-15(11-13)14(16)9-8-12-6-4-3-5-7-12/h12-13H,2-11H2,1H3. The van der Waals surface area contributed by atoms with E-state index in [1.165, 1.54) is 32.1 Å². The van der Waals surface area contributed by atoms with Gasteiger partial charge in [0.05, 0.1) is 5.25 Å². The van der Waals surface area contributed by atoms with Crippen LogP contribution in [-0.4, -0.2) is 43.3 Å². The van der Waals surface area contributed by atoms with Gasteiger partial charge in [0.25, 0.3) is 0 Å². The summed E-state index contributed by atoms with van der Waals surface area (Å²) in [5, 5.41) is -0.309. The lowest BCUT2D eigenvalue weighted by Crippen LogP contribution is -2.57. The molecule has 0 atom stereocenters. The van der Waals surface area contributed by atoms with E-state index >= 15 is 0 Å². The minimum Gasteiger partial charge on any atom is -0.340 e. The van der Waals surface area contributed by atoms with Crippen LogP contribution in [-0.2, 0) is 14.6 Å². The first kappa shape index (κ1) is 14.8. The molecule has 0 aromatic carbocycles. The van der Waals surface area contributed by atoms with Crippen LogP contribution in [0.3, 0.4) is 0 Å². The van der Waals surface area contributed by atoms with Gasteiger partial charge in [-0.3, -0.25) is 4.79 Å². The number of sulfone groups is 1. The second-order valence-corrected chi connectivity index (χ2v) is 8.48. The molecule has 0 radical (unpaired) electrons. The Balaban J connectivity index is 1.68. The van der Waals surface area contributed by atoms with Gasteiger partial charge in [-0.25, -0.2) is 8.42 Å². The summed E-state index contributed by atoms with van der Waals surface area (Å²) < 4.78 is 23.2. The van der Waals surface area contributed by atoms with Gasteiger partial charge < -0.3 is 4.90 Å². The predicted octanol–water partition coefficient (Wildman–Crippen LogP) is 1.99. The van der Waals surface area contributed by atoms with Crippen LogP contribution in [0.1, 0.15) is 51.9 Å². The number of hydrogen-bond acceptors (Lipinski definition) is 3. The van der Waals surface area contributed by atoms with Crippen molar-refractivity contribution in [3.63, 3.8) is 0 Å². The summed E-state index contributed by atoms with van der Waals surface area (Å²) in [4.78, 5) is 13.7. The van der Waals surface area contributed by atoms with E-state index in [0.717, 1.165) is 6.42 Å². The number of nitrogens with zero attached hydrogens (tertiary/aromatic N) is 1. The van der Waals surface area contributed by atoms with Crippen LogP contribution < -0.4 is 0 Å². The summed E-state index contributed by atoms with van der Waals surface area (Å²) in [6, 6.07) is 0. The van der Waals surface area contributed by atoms with Gasteiger partial charge in [-0.2, -0.15) is 0 Å². The number of rotatable bonds is 5. The maximum Gasteiger partial charge on any atom is 0.222 e. The highest BCUT2D eigenvalue weighted by molar-refractivity contribution is 7.92. The summed E-state index contributed by atoms with van der Waals surface area (Å²) in [5.41, 5.74) is 0. The SMILES string of the molecule is CCS(=O)(=O)C1CN(C(=O)CCC2CCCCC2)C1. The van der Waals surface area contributed by atoms with E-state index in [4.69, 9.17) is 0 Å². The lowest BCUT2D eigenvalue weighted by atomic mass is 9.86. The maximum atomic E-state index is 12.0. The largest absolute Gasteiger partial charge is 0.340 e. The fourth-order valence-electron chi connectivity index (χ4n) is 3.07. The molecule has 110 valence electrons. The third-order valence-corrected chi connectivity index (χ3v) is 6.72. The van der Waals surface area contributed by atoms with Gasteiger partial charge in [-0.05, 0) is 12.3 Å². The minimum absolute atomic E-state index is 0.146. The fourth-order valence-corrected chi connectivity index (χ4v) is 4.35. The summed E-state index contributed by atoms with van der Waals surface area (Å²) in [5.74, 6) is 1.05. The summed E-state index contributed by atoms with van der Waals surface area (Å²) in [6.07, 6.45) is 8.07. The summed E-state index contributed by atoms with van der Waals surface area (Å²) >= 11 is 0. The molecular weight excluding hydrogens is 262 g/mol. The van der Waals surface area contributed by atoms with Crippen LogP contribution in [0.2, 0.25) is 0 Å². The zero-order valence-corrected chi connectivity index (χ0v) is 12.6. The van der Waals surface area contributed by atoms with Gasteiger partial charge in [0.2, 0.25) is 5.91 Å². The Labute approximate surface area is 116 Å². The average Bonchev–Trinajstić information content (AvgIpc) is 2.35. The molecule has 0 unspecified atom stereocenters. The van der Waals surface area contributed by atoms with Gasteiger partial charge in [0, 0.05) is 25.3 Å². The molecule has 1 saturated heterocycles. The Bertz CT molecular complexity index is 406. The molecule has 0 aromatic heterocycles. The first-order valence-corrected chi connectivity index (χ1v) is 9.24. The molecule has 1 amide bonds. The fraction of sp³-hybridized carbons (Fsp3) is 0.929. The molecule has 2 rings (SSSR count). The number of likely N-dealkylation sites (tertiary alicyclic amines) is 1. The van der Waals surface area contributed by atoms with Crippen molar-refractivity contribution in [1.82, 2.24) is 4.90 Å². The lowest BCUT2D eigenvalue weighted by molar-refractivity contribution is -0.134. The molecular formula is C14H25NO3S. The van der Waals surface area contributed by atoms with Crippen molar-refractivity contribution in [2.45, 2.75) is 57.1 Å². The quantitative estimate of drug-likeness (QED) is 0.777. The highest BCUT2D eigenvalue weighted by Gasteiger charge is 2.38. The van der Waals surface area contributed by atoms with E-state index < -0.39 is 9.84 Å². The molecule has 2 aliphatic rings. The Hall–Kier alpha value is -0.580. The molecule has 5 heteroatoms. The normalized spacial score (nSPS) is 22.3. The molecule has 0 N–H and O–H groups in total. The van der Waals surface area contributed by atoms with Gasteiger partial charge >= 0.3 is 0 Å². The third-order valence-electron chi connectivity index (χ3n) is 4.60. The number of amides is 1. The monoisotopic (exact) mass is 287 g/mol. The molecule has 4 nitrogen and oxygen atoms in total. The molecule has 1 heterocycles. The van der Waals surface area contributed by atoms with Gasteiger partial charge in [-0.1, -0.05) is 39.0 Å². The van der Waals surface area contributed by atoms with Crippen molar-refractivity contribution >= 4 is 15.7 Å². The van der Waals surface area contributed by atoms with Crippen LogP contribution in [0, 0.1) is 5.92 Å². The van der Waals surface area contributed by atoms with Crippen LogP contribution >= 0.6 is 0 Å². The smallest absolute Gasteiger partial charge is 0.222 e. The van der Waals surface area contributed by atoms with Crippen LogP contribution in [0.4, 0.5) is 0 Å². The second-order valence-electron chi connectivity index (χ2n) is 5.91. The van der Waals surface area contributed by atoms with Crippen LogP contribution in [0.15, 0.2) is 0 Å². The Morgan fingerprint density at radius 2 is 1.79 bits per heavy atom. The molecule has 1 aliphatic carbocycles. The Kier molecular flexibility index (Phi) is 4.87. The molecule has 0 aromatic rings. The predicted molar refractivity (Wildman–Crippen MR) is 75.6 cm³/mol.